The first-order valence-corrected chi connectivity index (χ1v) is 7.18. The zero-order valence-corrected chi connectivity index (χ0v) is 11.5. The van der Waals surface area contributed by atoms with Crippen molar-refractivity contribution in [2.75, 3.05) is 32.3 Å². The highest BCUT2D eigenvalue weighted by atomic mass is 32.2. The third-order valence-electron chi connectivity index (χ3n) is 2.42. The fourth-order valence-electron chi connectivity index (χ4n) is 1.54. The first kappa shape index (κ1) is 14.9. The molecule has 0 amide bonds. The Balaban J connectivity index is 2.57. The highest BCUT2D eigenvalue weighted by Crippen LogP contribution is 2.18. The van der Waals surface area contributed by atoms with E-state index in [0.717, 1.165) is 0 Å². The number of hydrogen-bond acceptors (Lipinski definition) is 4. The lowest BCUT2D eigenvalue weighted by molar-refractivity contribution is 0.101. The van der Waals surface area contributed by atoms with E-state index < -0.39 is 10.8 Å². The molecule has 1 rings (SSSR count). The summed E-state index contributed by atoms with van der Waals surface area (Å²) in [6, 6.07) is 6.98. The van der Waals surface area contributed by atoms with Gasteiger partial charge in [0.05, 0.1) is 18.4 Å². The van der Waals surface area contributed by atoms with E-state index in [1.807, 2.05) is 0 Å². The Labute approximate surface area is 110 Å². The molecule has 1 unspecified atom stereocenters. The molecule has 0 aliphatic rings. The second-order valence-corrected chi connectivity index (χ2v) is 5.33. The van der Waals surface area contributed by atoms with Crippen molar-refractivity contribution in [3.8, 4) is 5.75 Å². The molecule has 0 saturated heterocycles. The molecule has 18 heavy (non-hydrogen) atoms. The van der Waals surface area contributed by atoms with Crippen LogP contribution < -0.4 is 4.74 Å². The molecular formula is C13H18O4S. The van der Waals surface area contributed by atoms with E-state index in [9.17, 15) is 9.00 Å². The summed E-state index contributed by atoms with van der Waals surface area (Å²) >= 11 is 0. The summed E-state index contributed by atoms with van der Waals surface area (Å²) in [6.45, 7) is 0.564. The van der Waals surface area contributed by atoms with Crippen LogP contribution in [0.25, 0.3) is 0 Å². The van der Waals surface area contributed by atoms with Crippen molar-refractivity contribution in [2.45, 2.75) is 6.42 Å². The van der Waals surface area contributed by atoms with Crippen molar-refractivity contribution in [1.82, 2.24) is 0 Å². The maximum absolute atomic E-state index is 12.0. The van der Waals surface area contributed by atoms with E-state index in [0.29, 0.717) is 30.1 Å². The van der Waals surface area contributed by atoms with Crippen LogP contribution in [-0.4, -0.2) is 42.3 Å². The van der Waals surface area contributed by atoms with Gasteiger partial charge in [-0.2, -0.15) is 0 Å². The molecule has 100 valence electrons. The molecule has 1 atom stereocenters. The Morgan fingerprint density at radius 1 is 1.28 bits per heavy atom. The first-order chi connectivity index (χ1) is 8.69. The van der Waals surface area contributed by atoms with Crippen molar-refractivity contribution in [1.29, 1.82) is 0 Å². The predicted molar refractivity (Wildman–Crippen MR) is 71.7 cm³/mol. The highest BCUT2D eigenvalue weighted by molar-refractivity contribution is 7.85. The largest absolute Gasteiger partial charge is 0.496 e. The molecule has 5 heteroatoms. The van der Waals surface area contributed by atoms with Gasteiger partial charge in [-0.3, -0.25) is 9.00 Å². The van der Waals surface area contributed by atoms with E-state index >= 15 is 0 Å². The van der Waals surface area contributed by atoms with Crippen LogP contribution in [0.5, 0.6) is 5.75 Å². The van der Waals surface area contributed by atoms with Crippen molar-refractivity contribution in [3.63, 3.8) is 0 Å². The number of Topliss-reactive ketones (excluding diaryl/α,β-unsaturated/α-hetero) is 1. The van der Waals surface area contributed by atoms with Crippen LogP contribution in [0.3, 0.4) is 0 Å². The zero-order chi connectivity index (χ0) is 13.4. The van der Waals surface area contributed by atoms with Crippen LogP contribution >= 0.6 is 0 Å². The lowest BCUT2D eigenvalue weighted by Crippen LogP contribution is -2.15. The van der Waals surface area contributed by atoms with Gasteiger partial charge < -0.3 is 9.47 Å². The molecule has 0 heterocycles. The van der Waals surface area contributed by atoms with Crippen molar-refractivity contribution in [2.24, 2.45) is 0 Å². The Bertz CT molecular complexity index is 417. The SMILES string of the molecule is COCCCS(=O)CC(=O)c1ccccc1OC. The number of carbonyl (C=O) groups is 1. The molecule has 0 aliphatic carbocycles. The Morgan fingerprint density at radius 2 is 2.00 bits per heavy atom. The molecule has 1 aromatic rings. The summed E-state index contributed by atoms with van der Waals surface area (Å²) in [6.07, 6.45) is 0.697. The molecule has 0 bridgehead atoms. The summed E-state index contributed by atoms with van der Waals surface area (Å²) in [5, 5.41) is 0. The van der Waals surface area contributed by atoms with Crippen molar-refractivity contribution < 1.29 is 18.5 Å². The molecular weight excluding hydrogens is 252 g/mol. The molecule has 0 N–H and O–H groups in total. The third-order valence-corrected chi connectivity index (χ3v) is 3.75. The van der Waals surface area contributed by atoms with Gasteiger partial charge in [0.1, 0.15) is 5.75 Å². The molecule has 0 aromatic heterocycles. The number of ether oxygens (including phenoxy) is 2. The minimum atomic E-state index is -1.15. The average Bonchev–Trinajstić information content (AvgIpc) is 2.39. The van der Waals surface area contributed by atoms with Crippen LogP contribution in [0.4, 0.5) is 0 Å². The third kappa shape index (κ3) is 4.58. The van der Waals surface area contributed by atoms with Gasteiger partial charge in [-0.1, -0.05) is 12.1 Å². The average molecular weight is 270 g/mol. The van der Waals surface area contributed by atoms with Crippen molar-refractivity contribution in [3.05, 3.63) is 29.8 Å². The van der Waals surface area contributed by atoms with Crippen LogP contribution in [0.1, 0.15) is 16.8 Å². The molecule has 4 nitrogen and oxygen atoms in total. The first-order valence-electron chi connectivity index (χ1n) is 5.69. The lowest BCUT2D eigenvalue weighted by Gasteiger charge is -2.07. The van der Waals surface area contributed by atoms with E-state index in [4.69, 9.17) is 9.47 Å². The number of carbonyl (C=O) groups excluding carboxylic acids is 1. The van der Waals surface area contributed by atoms with E-state index in [1.165, 1.54) is 7.11 Å². The summed E-state index contributed by atoms with van der Waals surface area (Å²) in [4.78, 5) is 12.0. The normalized spacial score (nSPS) is 12.1. The lowest BCUT2D eigenvalue weighted by atomic mass is 10.1. The quantitative estimate of drug-likeness (QED) is 0.532. The smallest absolute Gasteiger partial charge is 0.179 e. The Hall–Kier alpha value is -1.20. The van der Waals surface area contributed by atoms with Gasteiger partial charge in [0, 0.05) is 30.3 Å². The number of ketones is 1. The van der Waals surface area contributed by atoms with Gasteiger partial charge in [-0.25, -0.2) is 0 Å². The second-order valence-electron chi connectivity index (χ2n) is 3.76. The number of hydrogen-bond donors (Lipinski definition) is 0. The fourth-order valence-corrected chi connectivity index (χ4v) is 2.57. The Morgan fingerprint density at radius 3 is 2.67 bits per heavy atom. The van der Waals surface area contributed by atoms with Crippen molar-refractivity contribution >= 4 is 16.6 Å². The topological polar surface area (TPSA) is 52.6 Å². The molecule has 0 spiro atoms. The number of para-hydroxylation sites is 1. The van der Waals surface area contributed by atoms with Crippen LogP contribution in [0.15, 0.2) is 24.3 Å². The fraction of sp³-hybridized carbons (Fsp3) is 0.462. The Kier molecular flexibility index (Phi) is 6.60. The molecule has 1 aromatic carbocycles. The van der Waals surface area contributed by atoms with Gasteiger partial charge in [0.15, 0.2) is 5.78 Å². The summed E-state index contributed by atoms with van der Waals surface area (Å²) in [7, 11) is 1.97. The monoisotopic (exact) mass is 270 g/mol. The van der Waals surface area contributed by atoms with Gasteiger partial charge in [-0.15, -0.1) is 0 Å². The zero-order valence-electron chi connectivity index (χ0n) is 10.7. The van der Waals surface area contributed by atoms with Gasteiger partial charge in [0.25, 0.3) is 0 Å². The predicted octanol–water partition coefficient (Wildman–Crippen LogP) is 1.66. The van der Waals surface area contributed by atoms with E-state index in [2.05, 4.69) is 0 Å². The van der Waals surface area contributed by atoms with E-state index in [-0.39, 0.29) is 11.5 Å². The van der Waals surface area contributed by atoms with E-state index in [1.54, 1.807) is 31.4 Å². The molecule has 0 saturated carbocycles. The molecule has 0 fully saturated rings. The number of methoxy groups -OCH3 is 2. The molecule has 0 radical (unpaired) electrons. The van der Waals surface area contributed by atoms with Crippen LogP contribution in [0, 0.1) is 0 Å². The second kappa shape index (κ2) is 8.00. The summed E-state index contributed by atoms with van der Waals surface area (Å²) in [5.41, 5.74) is 0.486. The number of benzene rings is 1. The van der Waals surface area contributed by atoms with Crippen LogP contribution in [0.2, 0.25) is 0 Å². The minimum absolute atomic E-state index is 0.0318. The van der Waals surface area contributed by atoms with Gasteiger partial charge in [-0.05, 0) is 18.6 Å². The summed E-state index contributed by atoms with van der Waals surface area (Å²) in [5.74, 6) is 0.887. The van der Waals surface area contributed by atoms with Gasteiger partial charge in [0.2, 0.25) is 0 Å². The summed E-state index contributed by atoms with van der Waals surface area (Å²) < 4.78 is 21.7. The van der Waals surface area contributed by atoms with Gasteiger partial charge >= 0.3 is 0 Å². The molecule has 0 aliphatic heterocycles. The minimum Gasteiger partial charge on any atom is -0.496 e. The van der Waals surface area contributed by atoms with Crippen LogP contribution in [-0.2, 0) is 15.5 Å². The maximum Gasteiger partial charge on any atom is 0.179 e. The number of rotatable bonds is 8. The highest BCUT2D eigenvalue weighted by Gasteiger charge is 2.14. The maximum atomic E-state index is 12.0. The standard InChI is InChI=1S/C13H18O4S/c1-16-8-5-9-18(15)10-12(14)11-6-3-4-7-13(11)17-2/h3-4,6-7H,5,8-10H2,1-2H3.